The Bertz CT molecular complexity index is 847. The van der Waals surface area contributed by atoms with Crippen LogP contribution in [0.2, 0.25) is 0 Å². The Hall–Kier alpha value is -1.71. The third kappa shape index (κ3) is 8.99. The van der Waals surface area contributed by atoms with Gasteiger partial charge in [-0.1, -0.05) is 72.6 Å². The molecule has 0 saturated heterocycles. The number of ether oxygens (including phenoxy) is 2. The number of amides is 1. The molecule has 1 aliphatic heterocycles. The molecule has 4 heteroatoms. The van der Waals surface area contributed by atoms with Crippen LogP contribution in [0.4, 0.5) is 0 Å². The highest BCUT2D eigenvalue weighted by atomic mass is 16.5. The number of likely N-dealkylation sites (N-methyl/N-ethyl adjacent to an activating group) is 1. The fourth-order valence-electron chi connectivity index (χ4n) is 5.69. The molecule has 0 unspecified atom stereocenters. The van der Waals surface area contributed by atoms with Crippen LogP contribution in [0.1, 0.15) is 121 Å². The van der Waals surface area contributed by atoms with Gasteiger partial charge in [0.1, 0.15) is 17.1 Å². The molecule has 0 saturated carbocycles. The van der Waals surface area contributed by atoms with Gasteiger partial charge in [-0.2, -0.15) is 0 Å². The van der Waals surface area contributed by atoms with Gasteiger partial charge < -0.3 is 14.8 Å². The molecule has 1 aliphatic rings. The summed E-state index contributed by atoms with van der Waals surface area (Å²) in [6.07, 6.45) is 13.9. The molecule has 2 rings (SSSR count). The maximum absolute atomic E-state index is 11.7. The summed E-state index contributed by atoms with van der Waals surface area (Å²) in [5.74, 6) is 4.27. The Morgan fingerprint density at radius 3 is 2.08 bits per heavy atom. The second-order valence-corrected chi connectivity index (χ2v) is 12.4. The van der Waals surface area contributed by atoms with Gasteiger partial charge in [0.15, 0.2) is 6.61 Å². The van der Waals surface area contributed by atoms with E-state index in [9.17, 15) is 4.79 Å². The first-order valence-corrected chi connectivity index (χ1v) is 14.6. The Balaban J connectivity index is 1.84. The van der Waals surface area contributed by atoms with Crippen molar-refractivity contribution < 1.29 is 14.3 Å². The van der Waals surface area contributed by atoms with Crippen molar-refractivity contribution >= 4 is 5.91 Å². The second-order valence-electron chi connectivity index (χ2n) is 12.4. The molecule has 1 aromatic carbocycles. The van der Waals surface area contributed by atoms with Crippen molar-refractivity contribution in [3.63, 3.8) is 0 Å². The number of carbonyl (C=O) groups excluding carboxylic acids is 1. The molecule has 0 aliphatic carbocycles. The predicted molar refractivity (Wildman–Crippen MR) is 152 cm³/mol. The zero-order valence-electron chi connectivity index (χ0n) is 24.9. The van der Waals surface area contributed by atoms with Crippen LogP contribution in [0.5, 0.6) is 11.5 Å². The zero-order valence-corrected chi connectivity index (χ0v) is 24.9. The van der Waals surface area contributed by atoms with Crippen LogP contribution in [0, 0.1) is 38.5 Å². The lowest BCUT2D eigenvalue weighted by atomic mass is 9.83. The lowest BCUT2D eigenvalue weighted by Crippen LogP contribution is -2.37. The molecular weight excluding hydrogens is 446 g/mol. The minimum Gasteiger partial charge on any atom is -0.487 e. The van der Waals surface area contributed by atoms with Gasteiger partial charge in [-0.3, -0.25) is 4.79 Å². The minimum atomic E-state index is -0.113. The normalized spacial score (nSPS) is 18.9. The summed E-state index contributed by atoms with van der Waals surface area (Å²) in [5.41, 5.74) is 4.48. The van der Waals surface area contributed by atoms with Crippen LogP contribution >= 0.6 is 0 Å². The fraction of sp³-hybridized carbons (Fsp3) is 0.781. The molecule has 36 heavy (non-hydrogen) atoms. The van der Waals surface area contributed by atoms with Gasteiger partial charge in [0.05, 0.1) is 0 Å². The lowest BCUT2D eigenvalue weighted by molar-refractivity contribution is -0.122. The highest BCUT2D eigenvalue weighted by molar-refractivity contribution is 5.77. The van der Waals surface area contributed by atoms with Crippen LogP contribution in [-0.4, -0.2) is 25.2 Å². The number of hydrogen-bond donors (Lipinski definition) is 1. The van der Waals surface area contributed by atoms with Gasteiger partial charge in [-0.05, 0) is 87.8 Å². The molecule has 1 N–H and O–H groups in total. The summed E-state index contributed by atoms with van der Waals surface area (Å²) < 4.78 is 12.6. The molecule has 1 aromatic rings. The van der Waals surface area contributed by atoms with Gasteiger partial charge in [0, 0.05) is 12.6 Å². The lowest BCUT2D eigenvalue weighted by Gasteiger charge is -2.38. The summed E-state index contributed by atoms with van der Waals surface area (Å²) in [7, 11) is 1.63. The standard InChI is InChI=1S/C32H55NO3/c1-22(2)13-10-14-23(3)15-11-16-24(4)17-12-19-32(8)20-18-28-27(7)30(35-21-29(34)33-9)25(5)26(6)31(28)36-32/h22-24H,10-21H2,1-9H3,(H,33,34)/t23-,24-,32-/m1/s1. The Morgan fingerprint density at radius 2 is 1.50 bits per heavy atom. The summed E-state index contributed by atoms with van der Waals surface area (Å²) in [4.78, 5) is 11.7. The Morgan fingerprint density at radius 1 is 0.917 bits per heavy atom. The molecule has 1 heterocycles. The Kier molecular flexibility index (Phi) is 12.1. The minimum absolute atomic E-state index is 0.0458. The first-order chi connectivity index (χ1) is 17.0. The number of carbonyl (C=O) groups is 1. The van der Waals surface area contributed by atoms with Crippen molar-refractivity contribution in [1.29, 1.82) is 0 Å². The van der Waals surface area contributed by atoms with Gasteiger partial charge >= 0.3 is 0 Å². The van der Waals surface area contributed by atoms with E-state index in [1.807, 2.05) is 0 Å². The average molecular weight is 502 g/mol. The van der Waals surface area contributed by atoms with Gasteiger partial charge in [0.2, 0.25) is 0 Å². The molecule has 3 atom stereocenters. The molecule has 0 spiro atoms. The smallest absolute Gasteiger partial charge is 0.257 e. The number of rotatable bonds is 15. The van der Waals surface area contributed by atoms with Gasteiger partial charge in [-0.25, -0.2) is 0 Å². The van der Waals surface area contributed by atoms with Crippen molar-refractivity contribution in [2.24, 2.45) is 17.8 Å². The molecule has 0 fully saturated rings. The maximum Gasteiger partial charge on any atom is 0.257 e. The van der Waals surface area contributed by atoms with E-state index in [1.165, 1.54) is 56.9 Å². The summed E-state index contributed by atoms with van der Waals surface area (Å²) in [6.45, 7) is 18.2. The fourth-order valence-corrected chi connectivity index (χ4v) is 5.69. The molecular formula is C32H55NO3. The van der Waals surface area contributed by atoms with Crippen molar-refractivity contribution in [3.8, 4) is 11.5 Å². The number of fused-ring (bicyclic) bond motifs is 1. The second kappa shape index (κ2) is 14.3. The first kappa shape index (κ1) is 30.5. The predicted octanol–water partition coefficient (Wildman–Crippen LogP) is 8.26. The van der Waals surface area contributed by atoms with Crippen LogP contribution in [0.25, 0.3) is 0 Å². The monoisotopic (exact) mass is 501 g/mol. The van der Waals surface area contributed by atoms with E-state index in [0.29, 0.717) is 0 Å². The van der Waals surface area contributed by atoms with Crippen molar-refractivity contribution in [2.45, 2.75) is 132 Å². The van der Waals surface area contributed by atoms with E-state index in [1.54, 1.807) is 7.05 Å². The first-order valence-electron chi connectivity index (χ1n) is 14.6. The van der Waals surface area contributed by atoms with Crippen LogP contribution < -0.4 is 14.8 Å². The molecule has 4 nitrogen and oxygen atoms in total. The third-order valence-corrected chi connectivity index (χ3v) is 8.46. The van der Waals surface area contributed by atoms with Gasteiger partial charge in [0.25, 0.3) is 5.91 Å². The molecule has 0 bridgehead atoms. The Labute approximate surface area is 222 Å². The van der Waals surface area contributed by atoms with Gasteiger partial charge in [-0.15, -0.1) is 0 Å². The molecule has 1 amide bonds. The highest BCUT2D eigenvalue weighted by Gasteiger charge is 2.34. The maximum atomic E-state index is 11.7. The summed E-state index contributed by atoms with van der Waals surface area (Å²) in [5, 5.41) is 2.63. The van der Waals surface area contributed by atoms with E-state index in [0.717, 1.165) is 65.2 Å². The van der Waals surface area contributed by atoms with Crippen LogP contribution in [0.3, 0.4) is 0 Å². The largest absolute Gasteiger partial charge is 0.487 e. The SMILES string of the molecule is CNC(=O)COc1c(C)c(C)c2c(c1C)CC[C@@](C)(CCC[C@H](C)CCC[C@H](C)CCCC(C)C)O2. The van der Waals surface area contributed by atoms with E-state index >= 15 is 0 Å². The van der Waals surface area contributed by atoms with E-state index in [2.05, 4.69) is 60.7 Å². The zero-order chi connectivity index (χ0) is 26.9. The van der Waals surface area contributed by atoms with Crippen molar-refractivity contribution in [2.75, 3.05) is 13.7 Å². The molecule has 0 aromatic heterocycles. The average Bonchev–Trinajstić information content (AvgIpc) is 2.82. The summed E-state index contributed by atoms with van der Waals surface area (Å²) in [6, 6.07) is 0. The number of nitrogens with one attached hydrogen (secondary N) is 1. The topological polar surface area (TPSA) is 47.6 Å². The summed E-state index contributed by atoms with van der Waals surface area (Å²) >= 11 is 0. The van der Waals surface area contributed by atoms with Crippen molar-refractivity contribution in [3.05, 3.63) is 22.3 Å². The molecule has 0 radical (unpaired) electrons. The third-order valence-electron chi connectivity index (χ3n) is 8.46. The van der Waals surface area contributed by atoms with E-state index in [4.69, 9.17) is 9.47 Å². The quantitative estimate of drug-likeness (QED) is 0.263. The number of benzene rings is 1. The van der Waals surface area contributed by atoms with E-state index in [-0.39, 0.29) is 18.1 Å². The highest BCUT2D eigenvalue weighted by Crippen LogP contribution is 2.45. The van der Waals surface area contributed by atoms with Crippen LogP contribution in [-0.2, 0) is 11.2 Å². The van der Waals surface area contributed by atoms with Crippen molar-refractivity contribution in [1.82, 2.24) is 5.32 Å². The molecule has 206 valence electrons. The number of hydrogen-bond acceptors (Lipinski definition) is 3. The van der Waals surface area contributed by atoms with Crippen LogP contribution in [0.15, 0.2) is 0 Å². The van der Waals surface area contributed by atoms with E-state index < -0.39 is 0 Å².